The predicted octanol–water partition coefficient (Wildman–Crippen LogP) is 6.55. The second-order valence-electron chi connectivity index (χ2n) is 7.27. The number of aromatic hydroxyl groups is 1. The normalized spacial score (nSPS) is 12.1. The van der Waals surface area contributed by atoms with Crippen LogP contribution in [0.25, 0.3) is 21.0 Å². The number of nitrogens with two attached hydrogens (primary N) is 1. The highest BCUT2D eigenvalue weighted by atomic mass is 32.2. The van der Waals surface area contributed by atoms with E-state index in [0.29, 0.717) is 22.1 Å². The van der Waals surface area contributed by atoms with E-state index in [1.807, 2.05) is 36.4 Å². The first kappa shape index (κ1) is 22.3. The molecule has 1 aromatic heterocycles. The summed E-state index contributed by atoms with van der Waals surface area (Å²) in [6, 6.07) is 20.8. The molecule has 8 nitrogen and oxygen atoms in total. The van der Waals surface area contributed by atoms with Crippen molar-refractivity contribution in [3.63, 3.8) is 0 Å². The van der Waals surface area contributed by atoms with Gasteiger partial charge in [0.1, 0.15) is 10.6 Å². The minimum atomic E-state index is -4.67. The van der Waals surface area contributed by atoms with E-state index in [1.165, 1.54) is 23.9 Å². The van der Waals surface area contributed by atoms with Crippen LogP contribution >= 0.6 is 23.1 Å². The second kappa shape index (κ2) is 8.69. The van der Waals surface area contributed by atoms with E-state index in [2.05, 4.69) is 15.2 Å². The van der Waals surface area contributed by atoms with E-state index < -0.39 is 20.8 Å². The Kier molecular flexibility index (Phi) is 5.70. The summed E-state index contributed by atoms with van der Waals surface area (Å²) in [5.41, 5.74) is 7.18. The van der Waals surface area contributed by atoms with Crippen molar-refractivity contribution in [2.24, 2.45) is 10.2 Å². The molecule has 4 aromatic carbocycles. The summed E-state index contributed by atoms with van der Waals surface area (Å²) in [5.74, 6) is -0.441. The third kappa shape index (κ3) is 4.46. The van der Waals surface area contributed by atoms with Gasteiger partial charge in [-0.15, -0.1) is 16.5 Å². The maximum absolute atomic E-state index is 11.9. The number of anilines is 1. The maximum atomic E-state index is 11.9. The van der Waals surface area contributed by atoms with Crippen LogP contribution in [0.5, 0.6) is 5.75 Å². The van der Waals surface area contributed by atoms with Gasteiger partial charge in [0.25, 0.3) is 10.1 Å². The first-order chi connectivity index (χ1) is 16.3. The number of para-hydroxylation sites is 1. The number of benzene rings is 4. The molecule has 0 spiro atoms. The molecular weight excluding hydrogens is 492 g/mol. The van der Waals surface area contributed by atoms with Gasteiger partial charge in [-0.3, -0.25) is 4.55 Å². The van der Waals surface area contributed by atoms with Crippen LogP contribution < -0.4 is 5.73 Å². The maximum Gasteiger partial charge on any atom is 0.296 e. The molecule has 4 N–H and O–H groups in total. The summed E-state index contributed by atoms with van der Waals surface area (Å²) < 4.78 is 35.5. The van der Waals surface area contributed by atoms with Crippen molar-refractivity contribution in [2.75, 3.05) is 5.73 Å². The Hall–Kier alpha value is -3.51. The zero-order valence-corrected chi connectivity index (χ0v) is 19.7. The van der Waals surface area contributed by atoms with Crippen molar-refractivity contribution in [3.05, 3.63) is 72.8 Å². The van der Waals surface area contributed by atoms with Crippen LogP contribution in [-0.2, 0) is 10.1 Å². The van der Waals surface area contributed by atoms with Crippen molar-refractivity contribution < 1.29 is 18.1 Å². The molecule has 0 saturated heterocycles. The quantitative estimate of drug-likeness (QED) is 0.139. The Morgan fingerprint density at radius 2 is 1.74 bits per heavy atom. The molecule has 170 valence electrons. The van der Waals surface area contributed by atoms with Gasteiger partial charge in [0.2, 0.25) is 0 Å². The number of nitrogens with zero attached hydrogens (tertiary/aromatic N) is 3. The molecule has 0 fully saturated rings. The van der Waals surface area contributed by atoms with Gasteiger partial charge in [0, 0.05) is 16.0 Å². The van der Waals surface area contributed by atoms with Crippen molar-refractivity contribution in [2.45, 2.75) is 14.1 Å². The fraction of sp³-hybridized carbons (Fsp3) is 0. The third-order valence-electron chi connectivity index (χ3n) is 4.94. The van der Waals surface area contributed by atoms with Gasteiger partial charge in [-0.2, -0.15) is 13.5 Å². The fourth-order valence-corrected chi connectivity index (χ4v) is 6.03. The van der Waals surface area contributed by atoms with E-state index in [1.54, 1.807) is 35.6 Å². The average Bonchev–Trinajstić information content (AvgIpc) is 3.21. The molecule has 5 rings (SSSR count). The molecule has 0 atom stereocenters. The first-order valence-corrected chi connectivity index (χ1v) is 12.9. The highest BCUT2D eigenvalue weighted by Crippen LogP contribution is 2.42. The highest BCUT2D eigenvalue weighted by molar-refractivity contribution is 8.01. The Morgan fingerprint density at radius 3 is 2.47 bits per heavy atom. The molecule has 1 heterocycles. The van der Waals surface area contributed by atoms with E-state index >= 15 is 0 Å². The minimum absolute atomic E-state index is 0.295. The van der Waals surface area contributed by atoms with E-state index in [4.69, 9.17) is 5.73 Å². The van der Waals surface area contributed by atoms with Crippen LogP contribution in [-0.4, -0.2) is 23.1 Å². The van der Waals surface area contributed by atoms with Crippen LogP contribution in [0, 0.1) is 0 Å². The molecule has 0 unspecified atom stereocenters. The summed E-state index contributed by atoms with van der Waals surface area (Å²) in [6.45, 7) is 0. The number of phenols is 1. The molecule has 0 aliphatic carbocycles. The highest BCUT2D eigenvalue weighted by Gasteiger charge is 2.22. The zero-order chi connectivity index (χ0) is 23.9. The monoisotopic (exact) mass is 508 g/mol. The second-order valence-corrected chi connectivity index (χ2v) is 11.0. The number of nitrogen functional groups attached to an aromatic ring is 1. The molecular formula is C23H16N4O4S3. The summed E-state index contributed by atoms with van der Waals surface area (Å²) in [7, 11) is -4.67. The lowest BCUT2D eigenvalue weighted by Crippen LogP contribution is -1.99. The van der Waals surface area contributed by atoms with E-state index in [0.717, 1.165) is 19.5 Å². The predicted molar refractivity (Wildman–Crippen MR) is 134 cm³/mol. The van der Waals surface area contributed by atoms with Crippen LogP contribution in [0.3, 0.4) is 0 Å². The molecule has 5 aromatic rings. The lowest BCUT2D eigenvalue weighted by Gasteiger charge is -2.09. The number of thiazole rings is 1. The van der Waals surface area contributed by atoms with Gasteiger partial charge in [0.05, 0.1) is 15.9 Å². The number of phenolic OH excluding ortho intramolecular Hbond substituents is 1. The summed E-state index contributed by atoms with van der Waals surface area (Å²) in [6.07, 6.45) is 0. The summed E-state index contributed by atoms with van der Waals surface area (Å²) >= 11 is 3.12. The average molecular weight is 509 g/mol. The van der Waals surface area contributed by atoms with Gasteiger partial charge in [-0.05, 0) is 60.0 Å². The van der Waals surface area contributed by atoms with Gasteiger partial charge >= 0.3 is 0 Å². The largest absolute Gasteiger partial charge is 0.505 e. The molecule has 0 bridgehead atoms. The van der Waals surface area contributed by atoms with Crippen LogP contribution in [0.2, 0.25) is 0 Å². The number of fused-ring (bicyclic) bond motifs is 2. The summed E-state index contributed by atoms with van der Waals surface area (Å²) in [5, 5.41) is 19.4. The van der Waals surface area contributed by atoms with Gasteiger partial charge < -0.3 is 10.8 Å². The lowest BCUT2D eigenvalue weighted by molar-refractivity contribution is 0.472. The molecule has 0 radical (unpaired) electrons. The first-order valence-electron chi connectivity index (χ1n) is 9.86. The van der Waals surface area contributed by atoms with Crippen molar-refractivity contribution in [1.29, 1.82) is 0 Å². The number of aromatic nitrogens is 1. The van der Waals surface area contributed by atoms with Gasteiger partial charge in [-0.25, -0.2) is 4.98 Å². The Morgan fingerprint density at radius 1 is 0.971 bits per heavy atom. The SMILES string of the molecule is Nc1ccc2cc(S(=O)(=O)O)c(N=Nc3ccc(Sc4nc5ccccc5s4)cc3)c(O)c2c1. The molecule has 0 amide bonds. The Balaban J connectivity index is 1.45. The van der Waals surface area contributed by atoms with E-state index in [-0.39, 0.29) is 5.69 Å². The fourth-order valence-electron chi connectivity index (χ4n) is 3.34. The minimum Gasteiger partial charge on any atom is -0.505 e. The third-order valence-corrected chi connectivity index (χ3v) is 7.91. The van der Waals surface area contributed by atoms with Crippen molar-refractivity contribution in [3.8, 4) is 5.75 Å². The van der Waals surface area contributed by atoms with Crippen LogP contribution in [0.4, 0.5) is 17.1 Å². The van der Waals surface area contributed by atoms with Crippen LogP contribution in [0.15, 0.2) is 97.2 Å². The lowest BCUT2D eigenvalue weighted by atomic mass is 10.1. The van der Waals surface area contributed by atoms with E-state index in [9.17, 15) is 18.1 Å². The smallest absolute Gasteiger partial charge is 0.296 e. The molecule has 0 saturated carbocycles. The topological polar surface area (TPSA) is 138 Å². The molecule has 0 aliphatic rings. The number of hydrogen-bond acceptors (Lipinski definition) is 9. The van der Waals surface area contributed by atoms with Crippen molar-refractivity contribution in [1.82, 2.24) is 4.98 Å². The Bertz CT molecular complexity index is 1650. The van der Waals surface area contributed by atoms with Gasteiger partial charge in [-0.1, -0.05) is 30.0 Å². The molecule has 11 heteroatoms. The molecule has 0 aliphatic heterocycles. The van der Waals surface area contributed by atoms with Gasteiger partial charge in [0.15, 0.2) is 10.1 Å². The zero-order valence-electron chi connectivity index (χ0n) is 17.3. The number of hydrogen-bond donors (Lipinski definition) is 3. The molecule has 34 heavy (non-hydrogen) atoms. The standard InChI is InChI=1S/C23H16N4O4S3/c24-14-6-5-13-11-20(34(29,30)31)21(22(28)17(13)12-14)27-26-15-7-9-16(10-8-15)32-23-25-18-3-1-2-4-19(18)33-23/h1-12,28H,24H2,(H,29,30,31). The van der Waals surface area contributed by atoms with Crippen molar-refractivity contribution >= 4 is 71.3 Å². The summed E-state index contributed by atoms with van der Waals surface area (Å²) in [4.78, 5) is 5.00. The number of azo groups is 1. The number of rotatable bonds is 5. The Labute approximate surface area is 202 Å². The van der Waals surface area contributed by atoms with Crippen LogP contribution in [0.1, 0.15) is 0 Å².